The number of carbonyl (C=O) groups excluding carboxylic acids is 1. The lowest BCUT2D eigenvalue weighted by Crippen LogP contribution is -2.44. The Morgan fingerprint density at radius 3 is 2.55 bits per heavy atom. The van der Waals surface area contributed by atoms with E-state index in [0.717, 1.165) is 17.8 Å². The Labute approximate surface area is 196 Å². The van der Waals surface area contributed by atoms with Crippen molar-refractivity contribution in [3.63, 3.8) is 0 Å². The molecule has 1 atom stereocenters. The average molecular weight is 476 g/mol. The van der Waals surface area contributed by atoms with Crippen LogP contribution in [-0.2, 0) is 5.92 Å². The van der Waals surface area contributed by atoms with Gasteiger partial charge in [0.2, 0.25) is 0 Å². The molecule has 5 nitrogen and oxygen atoms in total. The number of aliphatic hydroxyl groups is 1. The Morgan fingerprint density at radius 1 is 1.21 bits per heavy atom. The molecule has 1 unspecified atom stereocenters. The van der Waals surface area contributed by atoms with E-state index in [1.54, 1.807) is 29.3 Å². The van der Waals surface area contributed by atoms with Crippen molar-refractivity contribution in [2.45, 2.75) is 45.6 Å². The van der Waals surface area contributed by atoms with Crippen LogP contribution in [0.2, 0.25) is 5.02 Å². The summed E-state index contributed by atoms with van der Waals surface area (Å²) >= 11 is 6.27. The number of amides is 1. The Hall–Kier alpha value is -2.51. The zero-order valence-electron chi connectivity index (χ0n) is 18.9. The van der Waals surface area contributed by atoms with Crippen LogP contribution in [0, 0.1) is 11.3 Å². The van der Waals surface area contributed by atoms with Gasteiger partial charge in [-0.05, 0) is 42.4 Å². The fourth-order valence-electron chi connectivity index (χ4n) is 4.94. The van der Waals surface area contributed by atoms with Crippen LogP contribution in [0.4, 0.5) is 8.78 Å². The third kappa shape index (κ3) is 4.49. The van der Waals surface area contributed by atoms with Gasteiger partial charge in [0.05, 0.1) is 17.8 Å². The molecule has 8 heteroatoms. The van der Waals surface area contributed by atoms with Crippen molar-refractivity contribution in [3.8, 4) is 0 Å². The van der Waals surface area contributed by atoms with Crippen molar-refractivity contribution in [1.82, 2.24) is 15.1 Å². The number of benzene rings is 2. The molecule has 176 valence electrons. The standard InChI is InChI=1S/C25H28ClF2N3O2/c1-24(2,22(32)19-13-17(26)12-15-14-29-30-21(15)19)16-8-10-31(11-9-16)23(33)18-6-4-5-7-20(18)25(3,27)28/h4-7,12-14,16,22,32H,8-11H2,1-3H3,(H,29,30). The van der Waals surface area contributed by atoms with Crippen LogP contribution in [0.15, 0.2) is 42.6 Å². The first kappa shape index (κ1) is 23.6. The maximum Gasteiger partial charge on any atom is 0.271 e. The van der Waals surface area contributed by atoms with Gasteiger partial charge >= 0.3 is 0 Å². The minimum Gasteiger partial charge on any atom is -0.388 e. The van der Waals surface area contributed by atoms with Crippen LogP contribution in [0.1, 0.15) is 61.2 Å². The maximum absolute atomic E-state index is 14.0. The molecule has 1 aliphatic heterocycles. The van der Waals surface area contributed by atoms with E-state index in [4.69, 9.17) is 11.6 Å². The molecule has 0 spiro atoms. The van der Waals surface area contributed by atoms with Gasteiger partial charge in [0.25, 0.3) is 11.8 Å². The molecule has 1 aromatic heterocycles. The second-order valence-corrected chi connectivity index (χ2v) is 9.99. The summed E-state index contributed by atoms with van der Waals surface area (Å²) in [6.07, 6.45) is 2.19. The molecule has 2 aromatic carbocycles. The number of H-pyrrole nitrogens is 1. The summed E-state index contributed by atoms with van der Waals surface area (Å²) in [7, 11) is 0. The van der Waals surface area contributed by atoms with Gasteiger partial charge in [-0.2, -0.15) is 5.10 Å². The topological polar surface area (TPSA) is 69.2 Å². The van der Waals surface area contributed by atoms with Crippen molar-refractivity contribution in [1.29, 1.82) is 0 Å². The molecular weight excluding hydrogens is 448 g/mol. The predicted octanol–water partition coefficient (Wildman–Crippen LogP) is 5.94. The summed E-state index contributed by atoms with van der Waals surface area (Å²) in [6, 6.07) is 9.45. The first-order valence-corrected chi connectivity index (χ1v) is 11.4. The van der Waals surface area contributed by atoms with Crippen molar-refractivity contribution < 1.29 is 18.7 Å². The fraction of sp³-hybridized carbons (Fsp3) is 0.440. The van der Waals surface area contributed by atoms with Gasteiger partial charge < -0.3 is 10.0 Å². The highest BCUT2D eigenvalue weighted by Crippen LogP contribution is 2.46. The Kier molecular flexibility index (Phi) is 6.22. The Balaban J connectivity index is 1.50. The van der Waals surface area contributed by atoms with Gasteiger partial charge in [0.15, 0.2) is 0 Å². The number of likely N-dealkylation sites (tertiary alicyclic amines) is 1. The zero-order valence-corrected chi connectivity index (χ0v) is 19.7. The number of aromatic nitrogens is 2. The lowest BCUT2D eigenvalue weighted by atomic mass is 9.68. The van der Waals surface area contributed by atoms with Gasteiger partial charge in [-0.15, -0.1) is 0 Å². The lowest BCUT2D eigenvalue weighted by molar-refractivity contribution is -0.0168. The quantitative estimate of drug-likeness (QED) is 0.479. The third-order valence-electron chi connectivity index (χ3n) is 7.01. The monoisotopic (exact) mass is 475 g/mol. The van der Waals surface area contributed by atoms with Crippen LogP contribution in [0.5, 0.6) is 0 Å². The summed E-state index contributed by atoms with van der Waals surface area (Å²) in [6.45, 7) is 5.71. The van der Waals surface area contributed by atoms with Gasteiger partial charge in [0.1, 0.15) is 0 Å². The Bertz CT molecular complexity index is 1160. The van der Waals surface area contributed by atoms with Gasteiger partial charge in [-0.3, -0.25) is 9.89 Å². The minimum atomic E-state index is -3.09. The number of aromatic amines is 1. The molecule has 0 aliphatic carbocycles. The van der Waals surface area contributed by atoms with E-state index in [0.29, 0.717) is 36.5 Å². The molecule has 0 bridgehead atoms. The molecule has 2 N–H and O–H groups in total. The van der Waals surface area contributed by atoms with Crippen molar-refractivity contribution >= 4 is 28.4 Å². The third-order valence-corrected chi connectivity index (χ3v) is 7.23. The average Bonchev–Trinajstić information content (AvgIpc) is 3.25. The fourth-order valence-corrected chi connectivity index (χ4v) is 5.17. The number of halogens is 3. The van der Waals surface area contributed by atoms with Crippen LogP contribution >= 0.6 is 11.6 Å². The molecular formula is C25H28ClF2N3O2. The first-order valence-electron chi connectivity index (χ1n) is 11.1. The smallest absolute Gasteiger partial charge is 0.271 e. The number of aliphatic hydroxyl groups excluding tert-OH is 1. The molecule has 1 amide bonds. The SMILES string of the molecule is CC(F)(F)c1ccccc1C(=O)N1CCC(C(C)(C)C(O)c2cc(Cl)cc3cn[nH]c23)CC1. The summed E-state index contributed by atoms with van der Waals surface area (Å²) in [5, 5.41) is 19.7. The summed E-state index contributed by atoms with van der Waals surface area (Å²) in [5.41, 5.74) is 0.731. The number of hydrogen-bond acceptors (Lipinski definition) is 3. The van der Waals surface area contributed by atoms with Gasteiger partial charge in [-0.1, -0.05) is 43.6 Å². The number of fused-ring (bicyclic) bond motifs is 1. The highest BCUT2D eigenvalue weighted by molar-refractivity contribution is 6.31. The number of rotatable bonds is 5. The Morgan fingerprint density at radius 2 is 1.88 bits per heavy atom. The van der Waals surface area contributed by atoms with Crippen molar-refractivity contribution in [2.24, 2.45) is 11.3 Å². The second-order valence-electron chi connectivity index (χ2n) is 9.55. The van der Waals surface area contributed by atoms with E-state index in [9.17, 15) is 18.7 Å². The number of hydrogen-bond donors (Lipinski definition) is 2. The van der Waals surface area contributed by atoms with Crippen LogP contribution in [-0.4, -0.2) is 39.2 Å². The summed E-state index contributed by atoms with van der Waals surface area (Å²) in [4.78, 5) is 14.7. The number of nitrogens with one attached hydrogen (secondary N) is 1. The number of carbonyl (C=O) groups is 1. The molecule has 0 saturated carbocycles. The number of alkyl halides is 2. The molecule has 4 rings (SSSR count). The van der Waals surface area contributed by atoms with Crippen LogP contribution in [0.25, 0.3) is 10.9 Å². The van der Waals surface area contributed by atoms with Gasteiger partial charge in [-0.25, -0.2) is 8.78 Å². The zero-order chi connectivity index (χ0) is 24.0. The summed E-state index contributed by atoms with van der Waals surface area (Å²) < 4.78 is 28.0. The molecule has 0 radical (unpaired) electrons. The molecule has 33 heavy (non-hydrogen) atoms. The first-order chi connectivity index (χ1) is 15.5. The highest BCUT2D eigenvalue weighted by atomic mass is 35.5. The molecule has 1 aliphatic rings. The van der Waals surface area contributed by atoms with Crippen LogP contribution in [0.3, 0.4) is 0 Å². The largest absolute Gasteiger partial charge is 0.388 e. The van der Waals surface area contributed by atoms with Crippen molar-refractivity contribution in [2.75, 3.05) is 13.1 Å². The highest BCUT2D eigenvalue weighted by Gasteiger charge is 2.41. The number of piperidine rings is 1. The van der Waals surface area contributed by atoms with Crippen LogP contribution < -0.4 is 0 Å². The minimum absolute atomic E-state index is 0.0447. The van der Waals surface area contributed by atoms with E-state index in [2.05, 4.69) is 10.2 Å². The van der Waals surface area contributed by atoms with E-state index in [-0.39, 0.29) is 23.0 Å². The van der Waals surface area contributed by atoms with E-state index < -0.39 is 17.4 Å². The normalized spacial score (nSPS) is 16.9. The second kappa shape index (κ2) is 8.69. The number of nitrogens with zero attached hydrogens (tertiary/aromatic N) is 2. The van der Waals surface area contributed by atoms with E-state index >= 15 is 0 Å². The molecule has 1 saturated heterocycles. The lowest BCUT2D eigenvalue weighted by Gasteiger charge is -2.43. The maximum atomic E-state index is 14.0. The molecule has 2 heterocycles. The van der Waals surface area contributed by atoms with E-state index in [1.165, 1.54) is 18.2 Å². The molecule has 3 aromatic rings. The summed E-state index contributed by atoms with van der Waals surface area (Å²) in [5.74, 6) is -3.35. The predicted molar refractivity (Wildman–Crippen MR) is 124 cm³/mol. The molecule has 1 fully saturated rings. The van der Waals surface area contributed by atoms with Crippen molar-refractivity contribution in [3.05, 3.63) is 64.3 Å². The van der Waals surface area contributed by atoms with Gasteiger partial charge in [0, 0.05) is 47.1 Å². The van der Waals surface area contributed by atoms with E-state index in [1.807, 2.05) is 13.8 Å².